The number of hydrogen-bond donors (Lipinski definition) is 2. The maximum atomic E-state index is 12.5. The Morgan fingerprint density at radius 3 is 2.38 bits per heavy atom. The second kappa shape index (κ2) is 6.60. The van der Waals surface area contributed by atoms with Gasteiger partial charge in [-0.1, -0.05) is 0 Å². The molecule has 6 heteroatoms. The van der Waals surface area contributed by atoms with E-state index in [0.29, 0.717) is 11.4 Å². The molecule has 2 rings (SSSR count). The summed E-state index contributed by atoms with van der Waals surface area (Å²) in [4.78, 5) is 0.374. The molecular weight excluding hydrogens is 304 g/mol. The van der Waals surface area contributed by atoms with E-state index in [1.165, 1.54) is 0 Å². The summed E-state index contributed by atoms with van der Waals surface area (Å²) in [6.45, 7) is 6.79. The number of anilines is 1. The van der Waals surface area contributed by atoms with Crippen molar-refractivity contribution in [1.82, 2.24) is 4.72 Å². The molecule has 2 aromatic rings. The van der Waals surface area contributed by atoms with E-state index in [1.807, 2.05) is 49.7 Å². The Kier molecular flexibility index (Phi) is 5.03. The molecule has 0 fully saturated rings. The van der Waals surface area contributed by atoms with Gasteiger partial charge in [-0.05, 0) is 66.4 Å². The second-order valence-corrected chi connectivity index (χ2v) is 7.41. The molecule has 0 aliphatic heterocycles. The predicted molar refractivity (Wildman–Crippen MR) is 88.4 cm³/mol. The van der Waals surface area contributed by atoms with Gasteiger partial charge in [-0.2, -0.15) is 11.3 Å². The lowest BCUT2D eigenvalue weighted by atomic mass is 10.1. The van der Waals surface area contributed by atoms with Crippen LogP contribution in [0.2, 0.25) is 0 Å². The van der Waals surface area contributed by atoms with Gasteiger partial charge in [-0.3, -0.25) is 0 Å². The normalized spacial score (nSPS) is 11.6. The van der Waals surface area contributed by atoms with E-state index in [1.54, 1.807) is 11.3 Å². The van der Waals surface area contributed by atoms with Crippen molar-refractivity contribution in [3.63, 3.8) is 0 Å². The highest BCUT2D eigenvalue weighted by molar-refractivity contribution is 7.89. The molecule has 4 nitrogen and oxygen atoms in total. The summed E-state index contributed by atoms with van der Waals surface area (Å²) in [5.74, 6) is 0. The van der Waals surface area contributed by atoms with Gasteiger partial charge in [0.1, 0.15) is 0 Å². The number of rotatable bonds is 6. The van der Waals surface area contributed by atoms with Crippen molar-refractivity contribution < 1.29 is 8.42 Å². The molecule has 0 saturated carbocycles. The Morgan fingerprint density at radius 1 is 1.19 bits per heavy atom. The van der Waals surface area contributed by atoms with E-state index in [9.17, 15) is 8.42 Å². The zero-order valence-electron chi connectivity index (χ0n) is 12.4. The van der Waals surface area contributed by atoms with E-state index in [4.69, 9.17) is 0 Å². The average Bonchev–Trinajstić information content (AvgIpc) is 2.88. The van der Waals surface area contributed by atoms with Gasteiger partial charge >= 0.3 is 0 Å². The van der Waals surface area contributed by atoms with Crippen LogP contribution in [0.5, 0.6) is 0 Å². The molecule has 0 unspecified atom stereocenters. The zero-order valence-corrected chi connectivity index (χ0v) is 14.1. The van der Waals surface area contributed by atoms with E-state index in [2.05, 4.69) is 10.0 Å². The van der Waals surface area contributed by atoms with Crippen LogP contribution in [-0.2, 0) is 16.6 Å². The molecule has 1 aromatic carbocycles. The minimum absolute atomic E-state index is 0.319. The summed E-state index contributed by atoms with van der Waals surface area (Å²) in [6.07, 6.45) is 0. The molecule has 1 heterocycles. The SMILES string of the molecule is CCNc1cc(C)c(S(=O)(=O)NCc2ccsc2)c(C)c1. The Bertz CT molecular complexity index is 684. The van der Waals surface area contributed by atoms with Crippen LogP contribution in [0.1, 0.15) is 23.6 Å². The lowest BCUT2D eigenvalue weighted by Gasteiger charge is -2.14. The van der Waals surface area contributed by atoms with Gasteiger partial charge in [-0.25, -0.2) is 13.1 Å². The van der Waals surface area contributed by atoms with Gasteiger partial charge in [0.25, 0.3) is 0 Å². The first kappa shape index (κ1) is 16.0. The molecule has 2 N–H and O–H groups in total. The lowest BCUT2D eigenvalue weighted by Crippen LogP contribution is -2.24. The summed E-state index contributed by atoms with van der Waals surface area (Å²) in [5, 5.41) is 7.09. The number of thiophene rings is 1. The second-order valence-electron chi connectivity index (χ2n) is 4.93. The van der Waals surface area contributed by atoms with Crippen molar-refractivity contribution in [2.24, 2.45) is 0 Å². The number of nitrogens with one attached hydrogen (secondary N) is 2. The van der Waals surface area contributed by atoms with E-state index >= 15 is 0 Å². The third-order valence-electron chi connectivity index (χ3n) is 3.16. The summed E-state index contributed by atoms with van der Waals surface area (Å²) < 4.78 is 27.7. The lowest BCUT2D eigenvalue weighted by molar-refractivity contribution is 0.580. The third-order valence-corrected chi connectivity index (χ3v) is 5.59. The monoisotopic (exact) mass is 324 g/mol. The smallest absolute Gasteiger partial charge is 0.241 e. The van der Waals surface area contributed by atoms with Crippen molar-refractivity contribution in [3.8, 4) is 0 Å². The quantitative estimate of drug-likeness (QED) is 0.857. The fraction of sp³-hybridized carbons (Fsp3) is 0.333. The predicted octanol–water partition coefficient (Wildman–Crippen LogP) is 3.28. The Balaban J connectivity index is 2.27. The topological polar surface area (TPSA) is 58.2 Å². The molecule has 0 radical (unpaired) electrons. The van der Waals surface area contributed by atoms with Crippen molar-refractivity contribution in [2.75, 3.05) is 11.9 Å². The highest BCUT2D eigenvalue weighted by Gasteiger charge is 2.20. The molecule has 0 atom stereocenters. The van der Waals surface area contributed by atoms with Gasteiger partial charge in [-0.15, -0.1) is 0 Å². The first-order chi connectivity index (χ1) is 9.94. The molecule has 0 aliphatic carbocycles. The Labute approximate surface area is 130 Å². The number of benzene rings is 1. The molecular formula is C15H20N2O2S2. The number of sulfonamides is 1. The van der Waals surface area contributed by atoms with Gasteiger partial charge in [0.2, 0.25) is 10.0 Å². The van der Waals surface area contributed by atoms with Crippen molar-refractivity contribution in [3.05, 3.63) is 45.6 Å². The maximum Gasteiger partial charge on any atom is 0.241 e. The van der Waals surface area contributed by atoms with E-state index in [-0.39, 0.29) is 0 Å². The van der Waals surface area contributed by atoms with Crippen LogP contribution in [0.25, 0.3) is 0 Å². The van der Waals surface area contributed by atoms with Crippen molar-refractivity contribution in [1.29, 1.82) is 0 Å². The third kappa shape index (κ3) is 3.84. The van der Waals surface area contributed by atoms with E-state index in [0.717, 1.165) is 28.9 Å². The van der Waals surface area contributed by atoms with E-state index < -0.39 is 10.0 Å². The summed E-state index contributed by atoms with van der Waals surface area (Å²) in [6, 6.07) is 5.66. The zero-order chi connectivity index (χ0) is 15.5. The molecule has 0 aliphatic rings. The average molecular weight is 324 g/mol. The molecule has 0 amide bonds. The molecule has 0 saturated heterocycles. The largest absolute Gasteiger partial charge is 0.385 e. The van der Waals surface area contributed by atoms with Gasteiger partial charge in [0, 0.05) is 18.8 Å². The summed E-state index contributed by atoms with van der Waals surface area (Å²) in [5.41, 5.74) is 3.43. The fourth-order valence-electron chi connectivity index (χ4n) is 2.32. The first-order valence-corrected chi connectivity index (χ1v) is 9.22. The van der Waals surface area contributed by atoms with Crippen LogP contribution in [0.3, 0.4) is 0 Å². The molecule has 1 aromatic heterocycles. The van der Waals surface area contributed by atoms with Gasteiger partial charge in [0.15, 0.2) is 0 Å². The van der Waals surface area contributed by atoms with Crippen LogP contribution in [0.15, 0.2) is 33.9 Å². The van der Waals surface area contributed by atoms with Gasteiger partial charge in [0.05, 0.1) is 4.90 Å². The van der Waals surface area contributed by atoms with Gasteiger partial charge < -0.3 is 5.32 Å². The van der Waals surface area contributed by atoms with Crippen LogP contribution in [0, 0.1) is 13.8 Å². The van der Waals surface area contributed by atoms with Crippen LogP contribution in [0.4, 0.5) is 5.69 Å². The van der Waals surface area contributed by atoms with Crippen LogP contribution >= 0.6 is 11.3 Å². The molecule has 0 spiro atoms. The minimum atomic E-state index is -3.50. The summed E-state index contributed by atoms with van der Waals surface area (Å²) >= 11 is 1.56. The molecule has 21 heavy (non-hydrogen) atoms. The Morgan fingerprint density at radius 2 is 1.86 bits per heavy atom. The number of aryl methyl sites for hydroxylation is 2. The minimum Gasteiger partial charge on any atom is -0.385 e. The van der Waals surface area contributed by atoms with Crippen LogP contribution in [-0.4, -0.2) is 15.0 Å². The molecule has 0 bridgehead atoms. The number of hydrogen-bond acceptors (Lipinski definition) is 4. The fourth-order valence-corrected chi connectivity index (χ4v) is 4.46. The van der Waals surface area contributed by atoms with Crippen LogP contribution < -0.4 is 10.0 Å². The van der Waals surface area contributed by atoms with Crippen molar-refractivity contribution >= 4 is 27.0 Å². The highest BCUT2D eigenvalue weighted by Crippen LogP contribution is 2.24. The highest BCUT2D eigenvalue weighted by atomic mass is 32.2. The Hall–Kier alpha value is -1.37. The summed E-state index contributed by atoms with van der Waals surface area (Å²) in [7, 11) is -3.50. The van der Waals surface area contributed by atoms with Crippen molar-refractivity contribution in [2.45, 2.75) is 32.2 Å². The molecule has 114 valence electrons. The maximum absolute atomic E-state index is 12.5. The standard InChI is InChI=1S/C15H20N2O2S2/c1-4-16-14-7-11(2)15(12(3)8-14)21(18,19)17-9-13-5-6-20-10-13/h5-8,10,16-17H,4,9H2,1-3H3. The first-order valence-electron chi connectivity index (χ1n) is 6.80.